The van der Waals surface area contributed by atoms with Gasteiger partial charge in [-0.15, -0.1) is 0 Å². The highest BCUT2D eigenvalue weighted by Crippen LogP contribution is 2.32. The quantitative estimate of drug-likeness (QED) is 0.501. The van der Waals surface area contributed by atoms with Gasteiger partial charge in [0.1, 0.15) is 5.82 Å². The summed E-state index contributed by atoms with van der Waals surface area (Å²) in [6.07, 6.45) is 2.84. The largest absolute Gasteiger partial charge is 0.342 e. The van der Waals surface area contributed by atoms with Crippen LogP contribution in [0.2, 0.25) is 5.02 Å². The van der Waals surface area contributed by atoms with E-state index in [1.807, 2.05) is 11.0 Å². The molecule has 9 heteroatoms. The maximum Gasteiger partial charge on any atom is 0.258 e. The fourth-order valence-corrected chi connectivity index (χ4v) is 4.99. The highest BCUT2D eigenvalue weighted by atomic mass is 35.5. The number of amides is 2. The number of fused-ring (bicyclic) bond motifs is 1. The first-order chi connectivity index (χ1) is 17.0. The number of nitrogens with zero attached hydrogens (tertiary/aromatic N) is 2. The van der Waals surface area contributed by atoms with E-state index in [2.05, 4.69) is 44.9 Å². The van der Waals surface area contributed by atoms with E-state index in [0.717, 1.165) is 32.4 Å². The summed E-state index contributed by atoms with van der Waals surface area (Å²) in [6.45, 7) is 1.51. The lowest BCUT2D eigenvalue weighted by Gasteiger charge is -2.33. The van der Waals surface area contributed by atoms with Gasteiger partial charge in [0.25, 0.3) is 5.56 Å². The van der Waals surface area contributed by atoms with Gasteiger partial charge in [-0.2, -0.15) is 4.98 Å². The van der Waals surface area contributed by atoms with Crippen molar-refractivity contribution in [2.24, 2.45) is 5.92 Å². The predicted molar refractivity (Wildman–Crippen MR) is 136 cm³/mol. The molecule has 2 amide bonds. The molecule has 1 atom stereocenters. The van der Waals surface area contributed by atoms with Crippen molar-refractivity contribution in [2.75, 3.05) is 28.6 Å². The minimum Gasteiger partial charge on any atom is -0.342 e. The van der Waals surface area contributed by atoms with Gasteiger partial charge in [0.05, 0.1) is 22.2 Å². The number of piperidine rings is 1. The average Bonchev–Trinajstić information content (AvgIpc) is 2.85. The minimum absolute atomic E-state index is 0.141. The fraction of sp³-hybridized carbons (Fsp3) is 0.308. The molecule has 1 aromatic heterocycles. The Balaban J connectivity index is 1.32. The molecule has 0 radical (unpaired) electrons. The topological polar surface area (TPSA) is 107 Å². The minimum atomic E-state index is -0.961. The molecular formula is C26H26ClN5O3. The zero-order chi connectivity index (χ0) is 24.4. The summed E-state index contributed by atoms with van der Waals surface area (Å²) < 4.78 is 0. The lowest BCUT2D eigenvalue weighted by Crippen LogP contribution is -2.40. The maximum absolute atomic E-state index is 13.1. The molecule has 5 rings (SSSR count). The molecule has 1 saturated heterocycles. The first kappa shape index (κ1) is 23.1. The van der Waals surface area contributed by atoms with Gasteiger partial charge in [0.15, 0.2) is 0 Å². The van der Waals surface area contributed by atoms with Crippen molar-refractivity contribution in [3.8, 4) is 0 Å². The van der Waals surface area contributed by atoms with Crippen LogP contribution in [-0.2, 0) is 16.0 Å². The van der Waals surface area contributed by atoms with Crippen molar-refractivity contribution in [3.05, 3.63) is 81.1 Å². The monoisotopic (exact) mass is 491 g/mol. The summed E-state index contributed by atoms with van der Waals surface area (Å²) in [5, 5.41) is 5.78. The molecule has 0 spiro atoms. The summed E-state index contributed by atoms with van der Waals surface area (Å²) in [6, 6.07) is 17.2. The van der Waals surface area contributed by atoms with Crippen molar-refractivity contribution in [2.45, 2.75) is 31.6 Å². The van der Waals surface area contributed by atoms with Crippen LogP contribution in [0.4, 0.5) is 17.5 Å². The number of aromatic amines is 1. The van der Waals surface area contributed by atoms with Crippen molar-refractivity contribution in [1.82, 2.24) is 9.97 Å². The van der Waals surface area contributed by atoms with Crippen LogP contribution in [0.5, 0.6) is 0 Å². The Bertz CT molecular complexity index is 1300. The van der Waals surface area contributed by atoms with Gasteiger partial charge in [-0.1, -0.05) is 54.1 Å². The second-order valence-corrected chi connectivity index (χ2v) is 9.45. The smallest absolute Gasteiger partial charge is 0.258 e. The van der Waals surface area contributed by atoms with Gasteiger partial charge in [0.2, 0.25) is 17.8 Å². The SMILES string of the molecule is O=C1C[C@@H](C(=O)Nc2ccccc2Cl)c2c(nc(N3CCC(Cc4ccccc4)CC3)[nH]c2=O)N1. The fourth-order valence-electron chi connectivity index (χ4n) is 4.81. The van der Waals surface area contributed by atoms with E-state index in [-0.39, 0.29) is 23.7 Å². The zero-order valence-corrected chi connectivity index (χ0v) is 19.8. The number of para-hydroxylation sites is 1. The molecule has 0 bridgehead atoms. The van der Waals surface area contributed by atoms with Gasteiger partial charge in [0, 0.05) is 19.5 Å². The third kappa shape index (κ3) is 5.07. The molecule has 3 aromatic rings. The number of carbonyl (C=O) groups excluding carboxylic acids is 2. The van der Waals surface area contributed by atoms with Gasteiger partial charge < -0.3 is 15.5 Å². The zero-order valence-electron chi connectivity index (χ0n) is 19.1. The Morgan fingerprint density at radius 1 is 1.06 bits per heavy atom. The lowest BCUT2D eigenvalue weighted by molar-refractivity contribution is -0.123. The van der Waals surface area contributed by atoms with Gasteiger partial charge in [-0.3, -0.25) is 19.4 Å². The predicted octanol–water partition coefficient (Wildman–Crippen LogP) is 3.95. The number of hydrogen-bond donors (Lipinski definition) is 3. The van der Waals surface area contributed by atoms with Gasteiger partial charge in [-0.05, 0) is 42.9 Å². The van der Waals surface area contributed by atoms with E-state index in [4.69, 9.17) is 11.6 Å². The van der Waals surface area contributed by atoms with Crippen LogP contribution >= 0.6 is 11.6 Å². The van der Waals surface area contributed by atoms with Crippen LogP contribution in [0.25, 0.3) is 0 Å². The number of benzene rings is 2. The van der Waals surface area contributed by atoms with E-state index >= 15 is 0 Å². The van der Waals surface area contributed by atoms with Crippen molar-refractivity contribution in [1.29, 1.82) is 0 Å². The van der Waals surface area contributed by atoms with Crippen LogP contribution in [-0.4, -0.2) is 34.9 Å². The van der Waals surface area contributed by atoms with Crippen LogP contribution in [0.15, 0.2) is 59.4 Å². The van der Waals surface area contributed by atoms with Crippen LogP contribution in [0, 0.1) is 5.92 Å². The maximum atomic E-state index is 13.1. The Morgan fingerprint density at radius 3 is 2.51 bits per heavy atom. The molecule has 0 saturated carbocycles. The first-order valence-electron chi connectivity index (χ1n) is 11.8. The van der Waals surface area contributed by atoms with Gasteiger partial charge >= 0.3 is 0 Å². The number of rotatable bonds is 5. The number of nitrogens with one attached hydrogen (secondary N) is 3. The van der Waals surface area contributed by atoms with Crippen molar-refractivity contribution in [3.63, 3.8) is 0 Å². The third-order valence-electron chi connectivity index (χ3n) is 6.67. The van der Waals surface area contributed by atoms with Gasteiger partial charge in [-0.25, -0.2) is 0 Å². The molecule has 3 heterocycles. The molecule has 2 aromatic carbocycles. The number of anilines is 3. The molecule has 0 aliphatic carbocycles. The molecular weight excluding hydrogens is 466 g/mol. The standard InChI is InChI=1S/C26H26ClN5O3/c27-19-8-4-5-9-20(19)28-24(34)18-15-21(33)29-23-22(18)25(35)31-26(30-23)32-12-10-17(11-13-32)14-16-6-2-1-3-7-16/h1-9,17-18H,10-15H2,(H,28,34)(H2,29,30,31,33,35)/t18-/m1/s1. The number of hydrogen-bond acceptors (Lipinski definition) is 5. The number of H-pyrrole nitrogens is 1. The molecule has 0 unspecified atom stereocenters. The normalized spacial score (nSPS) is 18.0. The van der Waals surface area contributed by atoms with E-state index in [1.165, 1.54) is 5.56 Å². The Kier molecular flexibility index (Phi) is 6.55. The van der Waals surface area contributed by atoms with Crippen LogP contribution < -0.4 is 21.1 Å². The number of halogens is 1. The highest BCUT2D eigenvalue weighted by Gasteiger charge is 2.35. The summed E-state index contributed by atoms with van der Waals surface area (Å²) >= 11 is 6.15. The molecule has 180 valence electrons. The molecule has 3 N–H and O–H groups in total. The Hall–Kier alpha value is -3.65. The summed E-state index contributed by atoms with van der Waals surface area (Å²) in [4.78, 5) is 47.9. The van der Waals surface area contributed by atoms with Crippen molar-refractivity contribution >= 4 is 40.9 Å². The van der Waals surface area contributed by atoms with E-state index in [1.54, 1.807) is 24.3 Å². The molecule has 2 aliphatic heterocycles. The van der Waals surface area contributed by atoms with Crippen molar-refractivity contribution < 1.29 is 9.59 Å². The number of aromatic nitrogens is 2. The lowest BCUT2D eigenvalue weighted by atomic mass is 9.90. The average molecular weight is 492 g/mol. The van der Waals surface area contributed by atoms with E-state index in [0.29, 0.717) is 22.6 Å². The van der Waals surface area contributed by atoms with E-state index < -0.39 is 17.4 Å². The molecule has 8 nitrogen and oxygen atoms in total. The van der Waals surface area contributed by atoms with E-state index in [9.17, 15) is 14.4 Å². The van der Waals surface area contributed by atoms with Crippen LogP contribution in [0.3, 0.4) is 0 Å². The summed E-state index contributed by atoms with van der Waals surface area (Å²) in [5.41, 5.74) is 1.49. The summed E-state index contributed by atoms with van der Waals surface area (Å²) in [5.74, 6) is -0.670. The van der Waals surface area contributed by atoms with Crippen LogP contribution in [0.1, 0.15) is 36.3 Å². The second-order valence-electron chi connectivity index (χ2n) is 9.05. The first-order valence-corrected chi connectivity index (χ1v) is 12.1. The third-order valence-corrected chi connectivity index (χ3v) is 7.00. The molecule has 35 heavy (non-hydrogen) atoms. The molecule has 1 fully saturated rings. The highest BCUT2D eigenvalue weighted by molar-refractivity contribution is 6.33. The summed E-state index contributed by atoms with van der Waals surface area (Å²) in [7, 11) is 0. The Morgan fingerprint density at radius 2 is 1.77 bits per heavy atom. The number of carbonyl (C=O) groups is 2. The molecule has 2 aliphatic rings. The second kappa shape index (κ2) is 9.92. The Labute approximate surface area is 207 Å².